The Balaban J connectivity index is 2.03. The average Bonchev–Trinajstić information content (AvgIpc) is 2.72. The van der Waals surface area contributed by atoms with Crippen molar-refractivity contribution in [2.75, 3.05) is 18.1 Å². The third-order valence-electron chi connectivity index (χ3n) is 4.57. The van der Waals surface area contributed by atoms with Crippen LogP contribution in [-0.4, -0.2) is 29.2 Å². The second kappa shape index (κ2) is 11.1. The van der Waals surface area contributed by atoms with Gasteiger partial charge in [0.1, 0.15) is 0 Å². The van der Waals surface area contributed by atoms with E-state index in [2.05, 4.69) is 22.1 Å². The highest BCUT2D eigenvalue weighted by Crippen LogP contribution is 2.25. The molecule has 7 heteroatoms. The van der Waals surface area contributed by atoms with Crippen LogP contribution in [0.3, 0.4) is 0 Å². The molecule has 28 heavy (non-hydrogen) atoms. The summed E-state index contributed by atoms with van der Waals surface area (Å²) >= 11 is 0. The van der Waals surface area contributed by atoms with Crippen molar-refractivity contribution < 1.29 is 10.0 Å². The standard InChI is InChI=1S/C21H28N4O3/c1-3-4-5-6-15-24(17(2)16-26)20-11-7-18(8-12-20)22-23-19-9-13-21(14-10-19)25(27)28/h7-14,17,26H,3-6,15-16H2,1-2H3. The van der Waals surface area contributed by atoms with Crippen LogP contribution < -0.4 is 4.90 Å². The van der Waals surface area contributed by atoms with E-state index in [0.29, 0.717) is 11.4 Å². The SMILES string of the molecule is CCCCCCN(c1ccc(N=Nc2ccc([N+](=O)[O-])cc2)cc1)C(C)CO. The van der Waals surface area contributed by atoms with Crippen LogP contribution in [0, 0.1) is 10.1 Å². The molecule has 2 rings (SSSR count). The minimum atomic E-state index is -0.443. The molecule has 0 radical (unpaired) electrons. The monoisotopic (exact) mass is 384 g/mol. The quantitative estimate of drug-likeness (QED) is 0.230. The number of anilines is 1. The first kappa shape index (κ1) is 21.5. The third-order valence-corrected chi connectivity index (χ3v) is 4.57. The maximum atomic E-state index is 10.7. The van der Waals surface area contributed by atoms with Crippen molar-refractivity contribution in [2.45, 2.75) is 45.6 Å². The summed E-state index contributed by atoms with van der Waals surface area (Å²) < 4.78 is 0. The van der Waals surface area contributed by atoms with Gasteiger partial charge in [0.25, 0.3) is 5.69 Å². The number of hydrogen-bond acceptors (Lipinski definition) is 6. The van der Waals surface area contributed by atoms with Crippen molar-refractivity contribution in [2.24, 2.45) is 10.2 Å². The van der Waals surface area contributed by atoms with E-state index in [0.717, 1.165) is 18.7 Å². The van der Waals surface area contributed by atoms with Crippen LogP contribution in [0.25, 0.3) is 0 Å². The van der Waals surface area contributed by atoms with Crippen LogP contribution in [0.5, 0.6) is 0 Å². The summed E-state index contributed by atoms with van der Waals surface area (Å²) in [4.78, 5) is 12.5. The molecule has 150 valence electrons. The molecule has 0 amide bonds. The first-order valence-corrected chi connectivity index (χ1v) is 9.69. The van der Waals surface area contributed by atoms with Crippen LogP contribution in [0.2, 0.25) is 0 Å². The molecule has 1 N–H and O–H groups in total. The molecule has 2 aromatic rings. The summed E-state index contributed by atoms with van der Waals surface area (Å²) in [5.41, 5.74) is 2.33. The van der Waals surface area contributed by atoms with Gasteiger partial charge in [0.15, 0.2) is 0 Å². The Hall–Kier alpha value is -2.80. The van der Waals surface area contributed by atoms with Crippen molar-refractivity contribution >= 4 is 22.7 Å². The van der Waals surface area contributed by atoms with E-state index in [9.17, 15) is 15.2 Å². The summed E-state index contributed by atoms with van der Waals surface area (Å²) in [5, 5.41) is 28.6. The molecule has 0 spiro atoms. The average molecular weight is 384 g/mol. The fourth-order valence-corrected chi connectivity index (χ4v) is 2.88. The summed E-state index contributed by atoms with van der Waals surface area (Å²) in [7, 11) is 0. The zero-order chi connectivity index (χ0) is 20.4. The number of rotatable bonds is 11. The van der Waals surface area contributed by atoms with Gasteiger partial charge in [-0.05, 0) is 49.7 Å². The number of azo groups is 1. The second-order valence-electron chi connectivity index (χ2n) is 6.78. The lowest BCUT2D eigenvalue weighted by atomic mass is 10.1. The van der Waals surface area contributed by atoms with Gasteiger partial charge in [0, 0.05) is 30.4 Å². The minimum Gasteiger partial charge on any atom is -0.394 e. The molecular formula is C21H28N4O3. The molecule has 0 aromatic heterocycles. The molecule has 0 fully saturated rings. The van der Waals surface area contributed by atoms with Crippen molar-refractivity contribution in [1.82, 2.24) is 0 Å². The normalized spacial score (nSPS) is 12.2. The highest BCUT2D eigenvalue weighted by Gasteiger charge is 2.13. The zero-order valence-electron chi connectivity index (χ0n) is 16.5. The first-order valence-electron chi connectivity index (χ1n) is 9.69. The van der Waals surface area contributed by atoms with Gasteiger partial charge < -0.3 is 10.0 Å². The second-order valence-corrected chi connectivity index (χ2v) is 6.78. The Morgan fingerprint density at radius 3 is 2.07 bits per heavy atom. The largest absolute Gasteiger partial charge is 0.394 e. The molecule has 0 saturated heterocycles. The molecular weight excluding hydrogens is 356 g/mol. The Morgan fingerprint density at radius 2 is 1.57 bits per heavy atom. The van der Waals surface area contributed by atoms with Gasteiger partial charge in [0.05, 0.1) is 22.9 Å². The van der Waals surface area contributed by atoms with Crippen molar-refractivity contribution in [3.05, 3.63) is 58.6 Å². The van der Waals surface area contributed by atoms with E-state index in [1.54, 1.807) is 12.1 Å². The number of nitrogens with zero attached hydrogens (tertiary/aromatic N) is 4. The van der Waals surface area contributed by atoms with E-state index >= 15 is 0 Å². The summed E-state index contributed by atoms with van der Waals surface area (Å²) in [6.07, 6.45) is 4.71. The fraction of sp³-hybridized carbons (Fsp3) is 0.429. The molecule has 0 aliphatic carbocycles. The van der Waals surface area contributed by atoms with E-state index in [4.69, 9.17) is 0 Å². The highest BCUT2D eigenvalue weighted by atomic mass is 16.6. The molecule has 0 aliphatic heterocycles. The van der Waals surface area contributed by atoms with Gasteiger partial charge in [-0.15, -0.1) is 0 Å². The van der Waals surface area contributed by atoms with Gasteiger partial charge in [-0.1, -0.05) is 26.2 Å². The first-order chi connectivity index (χ1) is 13.5. The predicted molar refractivity (Wildman–Crippen MR) is 112 cm³/mol. The molecule has 0 saturated carbocycles. The Labute approximate surface area is 165 Å². The predicted octanol–water partition coefficient (Wildman–Crippen LogP) is 5.78. The van der Waals surface area contributed by atoms with Gasteiger partial charge in [0.2, 0.25) is 0 Å². The highest BCUT2D eigenvalue weighted by molar-refractivity contribution is 5.53. The van der Waals surface area contributed by atoms with Crippen LogP contribution in [0.1, 0.15) is 39.5 Å². The lowest BCUT2D eigenvalue weighted by Gasteiger charge is -2.30. The van der Waals surface area contributed by atoms with E-state index in [-0.39, 0.29) is 18.3 Å². The van der Waals surface area contributed by atoms with Gasteiger partial charge in [-0.3, -0.25) is 10.1 Å². The number of nitro groups is 1. The molecule has 1 unspecified atom stereocenters. The van der Waals surface area contributed by atoms with Crippen LogP contribution in [-0.2, 0) is 0 Å². The third kappa shape index (κ3) is 6.42. The number of unbranched alkanes of at least 4 members (excludes halogenated alkanes) is 3. The number of non-ortho nitro benzene ring substituents is 1. The number of nitro benzene ring substituents is 1. The molecule has 2 aromatic carbocycles. The topological polar surface area (TPSA) is 91.3 Å². The number of hydrogen-bond donors (Lipinski definition) is 1. The zero-order valence-corrected chi connectivity index (χ0v) is 16.5. The van der Waals surface area contributed by atoms with Crippen molar-refractivity contribution in [3.63, 3.8) is 0 Å². The summed E-state index contributed by atoms with van der Waals surface area (Å²) in [6, 6.07) is 13.7. The van der Waals surface area contributed by atoms with E-state index < -0.39 is 4.92 Å². The molecule has 0 aliphatic rings. The lowest BCUT2D eigenvalue weighted by molar-refractivity contribution is -0.384. The Morgan fingerprint density at radius 1 is 1.00 bits per heavy atom. The van der Waals surface area contributed by atoms with E-state index in [1.807, 2.05) is 31.2 Å². The van der Waals surface area contributed by atoms with Gasteiger partial charge in [-0.2, -0.15) is 10.2 Å². The van der Waals surface area contributed by atoms with Crippen LogP contribution in [0.4, 0.5) is 22.7 Å². The van der Waals surface area contributed by atoms with E-state index in [1.165, 1.54) is 31.4 Å². The maximum absolute atomic E-state index is 10.7. The molecule has 0 heterocycles. The Bertz CT molecular complexity index is 760. The minimum absolute atomic E-state index is 0.0281. The molecule has 0 bridgehead atoms. The number of benzene rings is 2. The molecule has 1 atom stereocenters. The summed E-state index contributed by atoms with van der Waals surface area (Å²) in [6.45, 7) is 5.22. The number of aliphatic hydroxyl groups is 1. The van der Waals surface area contributed by atoms with Crippen LogP contribution in [0.15, 0.2) is 58.8 Å². The van der Waals surface area contributed by atoms with Gasteiger partial charge >= 0.3 is 0 Å². The van der Waals surface area contributed by atoms with Gasteiger partial charge in [-0.25, -0.2) is 0 Å². The lowest BCUT2D eigenvalue weighted by Crippen LogP contribution is -2.36. The van der Waals surface area contributed by atoms with Crippen molar-refractivity contribution in [3.8, 4) is 0 Å². The molecule has 7 nitrogen and oxygen atoms in total. The number of aliphatic hydroxyl groups excluding tert-OH is 1. The fourth-order valence-electron chi connectivity index (χ4n) is 2.88. The van der Waals surface area contributed by atoms with Crippen LogP contribution >= 0.6 is 0 Å². The summed E-state index contributed by atoms with van der Waals surface area (Å²) in [5.74, 6) is 0. The smallest absolute Gasteiger partial charge is 0.269 e. The van der Waals surface area contributed by atoms with Crippen molar-refractivity contribution in [1.29, 1.82) is 0 Å². The Kier molecular flexibility index (Phi) is 8.55. The maximum Gasteiger partial charge on any atom is 0.269 e.